The van der Waals surface area contributed by atoms with Crippen LogP contribution in [0.15, 0.2) is 54.6 Å². The number of ether oxygens (including phenoxy) is 1. The second-order valence-corrected chi connectivity index (χ2v) is 21.4. The molecular weight excluding hydrogens is 406 g/mol. The van der Waals surface area contributed by atoms with Crippen molar-refractivity contribution in [2.45, 2.75) is 24.3 Å². The topological polar surface area (TPSA) is 18.5 Å². The van der Waals surface area contributed by atoms with Crippen LogP contribution < -0.4 is 14.6 Å². The van der Waals surface area contributed by atoms with Crippen LogP contribution in [-0.4, -0.2) is 20.6 Å². The van der Waals surface area contributed by atoms with Crippen LogP contribution in [0, 0.1) is 0 Å². The van der Waals surface area contributed by atoms with E-state index in [2.05, 4.69) is 26.0 Å². The molecule has 1 atom stereocenters. The van der Waals surface area contributed by atoms with Crippen LogP contribution in [0.3, 0.4) is 0 Å². The molecule has 0 saturated heterocycles. The second-order valence-electron chi connectivity index (χ2n) is 4.80. The Hall–Kier alpha value is -0.402. The third-order valence-electron chi connectivity index (χ3n) is 3.29. The molecule has 23 heavy (non-hydrogen) atoms. The summed E-state index contributed by atoms with van der Waals surface area (Å²) in [5.41, 5.74) is -2.15. The molecule has 0 aliphatic heterocycles. The van der Waals surface area contributed by atoms with Gasteiger partial charge in [0.15, 0.2) is 0 Å². The predicted octanol–water partition coefficient (Wildman–Crippen LogP) is 5.47. The Morgan fingerprint density at radius 3 is 2.09 bits per heavy atom. The van der Waals surface area contributed by atoms with Gasteiger partial charge < -0.3 is 0 Å². The van der Waals surface area contributed by atoms with E-state index >= 15 is 0 Å². The first-order valence-corrected chi connectivity index (χ1v) is 16.6. The van der Waals surface area contributed by atoms with Gasteiger partial charge in [0, 0.05) is 0 Å². The van der Waals surface area contributed by atoms with E-state index in [0.29, 0.717) is 0 Å². The summed E-state index contributed by atoms with van der Waals surface area (Å²) in [7, 11) is 3.64. The van der Waals surface area contributed by atoms with Crippen LogP contribution in [0.4, 0.5) is 0 Å². The third-order valence-corrected chi connectivity index (χ3v) is 25.3. The molecule has 1 unspecified atom stereocenters. The van der Waals surface area contributed by atoms with Gasteiger partial charge in [-0.25, -0.2) is 0 Å². The Morgan fingerprint density at radius 1 is 0.957 bits per heavy atom. The van der Waals surface area contributed by atoms with E-state index in [0.717, 1.165) is 16.8 Å². The normalized spacial score (nSPS) is 13.6. The standard InChI is InChI=1S/C17H22AsO2PS2/c1-4-18(5-2)23-21(22,20-16-9-7-6-8-10-16)17-13-11-15(19-3)12-14-17/h6-14H,4-5H2,1-3H3. The summed E-state index contributed by atoms with van der Waals surface area (Å²) in [4.78, 5) is 0. The van der Waals surface area contributed by atoms with Crippen LogP contribution in [0.25, 0.3) is 0 Å². The Kier molecular flexibility index (Phi) is 7.55. The van der Waals surface area contributed by atoms with Gasteiger partial charge in [-0.15, -0.1) is 0 Å². The maximum absolute atomic E-state index is 6.38. The van der Waals surface area contributed by atoms with Crippen molar-refractivity contribution >= 4 is 45.7 Å². The molecule has 0 radical (unpaired) electrons. The Bertz CT molecular complexity index is 645. The Labute approximate surface area is 152 Å². The molecular formula is C17H22AsO2PS2. The average Bonchev–Trinajstić information content (AvgIpc) is 2.60. The summed E-state index contributed by atoms with van der Waals surface area (Å²) >= 11 is 5.07. The van der Waals surface area contributed by atoms with Crippen LogP contribution in [0.5, 0.6) is 11.5 Å². The fraction of sp³-hybridized carbons (Fsp3) is 0.294. The molecule has 0 bridgehead atoms. The first kappa shape index (κ1) is 18.9. The van der Waals surface area contributed by atoms with Gasteiger partial charge >= 0.3 is 152 Å². The van der Waals surface area contributed by atoms with E-state index in [1.807, 2.05) is 52.1 Å². The van der Waals surface area contributed by atoms with Crippen molar-refractivity contribution < 1.29 is 9.26 Å². The zero-order chi connectivity index (χ0) is 16.7. The average molecular weight is 428 g/mol. The molecule has 0 fully saturated rings. The summed E-state index contributed by atoms with van der Waals surface area (Å²) < 4.78 is 11.6. The quantitative estimate of drug-likeness (QED) is 0.410. The van der Waals surface area contributed by atoms with Crippen LogP contribution >= 0.6 is 15.1 Å². The third kappa shape index (κ3) is 5.29. The van der Waals surface area contributed by atoms with Crippen molar-refractivity contribution in [3.63, 3.8) is 0 Å². The molecule has 2 nitrogen and oxygen atoms in total. The van der Waals surface area contributed by atoms with Gasteiger partial charge in [-0.2, -0.15) is 0 Å². The van der Waals surface area contributed by atoms with Gasteiger partial charge in [-0.1, -0.05) is 0 Å². The molecule has 0 heterocycles. The first-order chi connectivity index (χ1) is 11.1. The molecule has 2 rings (SSSR count). The Morgan fingerprint density at radius 2 is 1.57 bits per heavy atom. The molecule has 124 valence electrons. The van der Waals surface area contributed by atoms with Gasteiger partial charge in [-0.05, 0) is 0 Å². The zero-order valence-corrected chi connectivity index (χ0v) is 18.0. The van der Waals surface area contributed by atoms with Gasteiger partial charge in [0.2, 0.25) is 0 Å². The van der Waals surface area contributed by atoms with Crippen molar-refractivity contribution in [1.29, 1.82) is 0 Å². The molecule has 0 N–H and O–H groups in total. The van der Waals surface area contributed by atoms with Crippen LogP contribution in [0.2, 0.25) is 10.4 Å². The number of hydrogen-bond donors (Lipinski definition) is 0. The molecule has 6 heteroatoms. The fourth-order valence-electron chi connectivity index (χ4n) is 1.99. The summed E-state index contributed by atoms with van der Waals surface area (Å²) in [5.74, 6) is 1.71. The maximum atomic E-state index is 6.38. The molecule has 0 aromatic heterocycles. The summed E-state index contributed by atoms with van der Waals surface area (Å²) in [6.45, 7) is 4.54. The van der Waals surface area contributed by atoms with E-state index in [9.17, 15) is 0 Å². The van der Waals surface area contributed by atoms with E-state index in [-0.39, 0.29) is 0 Å². The summed E-state index contributed by atoms with van der Waals surface area (Å²) in [6, 6.07) is 18.0. The zero-order valence-electron chi connectivity index (χ0n) is 13.6. The number of para-hydroxylation sites is 1. The van der Waals surface area contributed by atoms with Crippen LogP contribution in [0.1, 0.15) is 13.8 Å². The fourth-order valence-corrected chi connectivity index (χ4v) is 24.8. The van der Waals surface area contributed by atoms with E-state index < -0.39 is 19.0 Å². The number of hydrogen-bond acceptors (Lipinski definition) is 4. The monoisotopic (exact) mass is 428 g/mol. The molecule has 0 amide bonds. The van der Waals surface area contributed by atoms with E-state index in [1.165, 1.54) is 10.4 Å². The van der Waals surface area contributed by atoms with Gasteiger partial charge in [0.25, 0.3) is 0 Å². The number of rotatable bonds is 8. The summed E-state index contributed by atoms with van der Waals surface area (Å²) in [6.07, 6.45) is 0. The number of benzene rings is 2. The van der Waals surface area contributed by atoms with Crippen molar-refractivity contribution in [2.24, 2.45) is 0 Å². The second kappa shape index (κ2) is 9.18. The SMILES string of the molecule is CC[As](CC)SP(=S)(Oc1ccccc1)c1ccc(OC)cc1. The summed E-state index contributed by atoms with van der Waals surface area (Å²) in [5, 5.41) is 3.59. The molecule has 0 aliphatic carbocycles. The molecule has 0 spiro atoms. The predicted molar refractivity (Wildman–Crippen MR) is 108 cm³/mol. The van der Waals surface area contributed by atoms with Crippen LogP contribution in [-0.2, 0) is 11.8 Å². The minimum atomic E-state index is -2.15. The van der Waals surface area contributed by atoms with E-state index in [1.54, 1.807) is 7.11 Å². The van der Waals surface area contributed by atoms with Crippen molar-refractivity contribution in [2.75, 3.05) is 7.11 Å². The van der Waals surface area contributed by atoms with Gasteiger partial charge in [0.1, 0.15) is 0 Å². The van der Waals surface area contributed by atoms with Crippen molar-refractivity contribution in [3.05, 3.63) is 54.6 Å². The molecule has 2 aromatic rings. The number of methoxy groups -OCH3 is 1. The first-order valence-electron chi connectivity index (χ1n) is 7.55. The van der Waals surface area contributed by atoms with E-state index in [4.69, 9.17) is 21.1 Å². The molecule has 0 aliphatic rings. The van der Waals surface area contributed by atoms with Crippen molar-refractivity contribution in [1.82, 2.24) is 0 Å². The molecule has 2 aromatic carbocycles. The molecule has 0 saturated carbocycles. The van der Waals surface area contributed by atoms with Crippen molar-refractivity contribution in [3.8, 4) is 11.5 Å². The minimum absolute atomic E-state index is 0.848. The van der Waals surface area contributed by atoms with Gasteiger partial charge in [-0.3, -0.25) is 0 Å². The van der Waals surface area contributed by atoms with Gasteiger partial charge in [0.05, 0.1) is 0 Å². The Balaban J connectivity index is 2.34.